The minimum Gasteiger partial charge on any atom is -0.493 e. The largest absolute Gasteiger partial charge is 0.493 e. The molecule has 1 unspecified atom stereocenters. The standard InChI is InChI=1S/C27H34N6O4/c1-19-18-36-26-24(37-19)16-21(17-29-26)30-25-9-10-28-27(32-25)31-20-7-8-22(23(15-20)34-2)35-14-6-13-33-11-4-3-5-12-33/h7-10,15-17,19H,3-6,11-14,18H2,1-2H3,(H2,28,30,31,32). The molecule has 0 bridgehead atoms. The van der Waals surface area contributed by atoms with Crippen molar-refractivity contribution in [3.63, 3.8) is 0 Å². The van der Waals surface area contributed by atoms with Crippen molar-refractivity contribution in [2.75, 3.05) is 50.6 Å². The van der Waals surface area contributed by atoms with Gasteiger partial charge in [-0.15, -0.1) is 0 Å². The van der Waals surface area contributed by atoms with Crippen LogP contribution >= 0.6 is 0 Å². The Labute approximate surface area is 217 Å². The van der Waals surface area contributed by atoms with E-state index in [0.29, 0.717) is 42.4 Å². The topological polar surface area (TPSA) is 103 Å². The molecule has 5 rings (SSSR count). The Morgan fingerprint density at radius 1 is 1.03 bits per heavy atom. The summed E-state index contributed by atoms with van der Waals surface area (Å²) >= 11 is 0. The van der Waals surface area contributed by atoms with Crippen LogP contribution in [-0.4, -0.2) is 65.9 Å². The number of piperidine rings is 1. The molecule has 196 valence electrons. The fourth-order valence-corrected chi connectivity index (χ4v) is 4.42. The molecule has 2 aliphatic heterocycles. The van der Waals surface area contributed by atoms with Crippen LogP contribution in [0.4, 0.5) is 23.1 Å². The van der Waals surface area contributed by atoms with Gasteiger partial charge in [0.15, 0.2) is 17.2 Å². The lowest BCUT2D eigenvalue weighted by Gasteiger charge is -2.26. The summed E-state index contributed by atoms with van der Waals surface area (Å²) in [5.74, 6) is 3.55. The molecule has 37 heavy (non-hydrogen) atoms. The van der Waals surface area contributed by atoms with Gasteiger partial charge in [0, 0.05) is 30.6 Å². The number of hydrogen-bond donors (Lipinski definition) is 2. The SMILES string of the molecule is COc1cc(Nc2nccc(Nc3cnc4c(c3)OC(C)CO4)n2)ccc1OCCCN1CCCCC1. The molecule has 10 heteroatoms. The maximum absolute atomic E-state index is 6.01. The van der Waals surface area contributed by atoms with Crippen LogP contribution in [0.5, 0.6) is 23.1 Å². The summed E-state index contributed by atoms with van der Waals surface area (Å²) in [6, 6.07) is 9.36. The first kappa shape index (κ1) is 24.9. The first-order valence-corrected chi connectivity index (χ1v) is 12.9. The molecule has 1 atom stereocenters. The van der Waals surface area contributed by atoms with Crippen molar-refractivity contribution in [2.45, 2.75) is 38.7 Å². The summed E-state index contributed by atoms with van der Waals surface area (Å²) in [6.45, 7) is 6.58. The lowest BCUT2D eigenvalue weighted by molar-refractivity contribution is 0.0990. The zero-order valence-electron chi connectivity index (χ0n) is 21.4. The average molecular weight is 507 g/mol. The van der Waals surface area contributed by atoms with Gasteiger partial charge in [-0.2, -0.15) is 4.98 Å². The minimum atomic E-state index is -0.0206. The van der Waals surface area contributed by atoms with E-state index in [0.717, 1.165) is 30.1 Å². The molecule has 2 N–H and O–H groups in total. The van der Waals surface area contributed by atoms with Gasteiger partial charge in [0.1, 0.15) is 18.5 Å². The second-order valence-corrected chi connectivity index (χ2v) is 9.25. The summed E-state index contributed by atoms with van der Waals surface area (Å²) < 4.78 is 23.0. The summed E-state index contributed by atoms with van der Waals surface area (Å²) in [6.07, 6.45) is 8.31. The average Bonchev–Trinajstić information content (AvgIpc) is 2.92. The molecule has 0 aliphatic carbocycles. The van der Waals surface area contributed by atoms with Gasteiger partial charge in [-0.25, -0.2) is 9.97 Å². The van der Waals surface area contributed by atoms with Gasteiger partial charge in [-0.3, -0.25) is 0 Å². The van der Waals surface area contributed by atoms with Crippen LogP contribution in [0.1, 0.15) is 32.6 Å². The van der Waals surface area contributed by atoms with Gasteiger partial charge in [-0.1, -0.05) is 6.42 Å². The maximum atomic E-state index is 6.01. The van der Waals surface area contributed by atoms with E-state index in [1.807, 2.05) is 31.2 Å². The highest BCUT2D eigenvalue weighted by atomic mass is 16.6. The number of benzene rings is 1. The highest BCUT2D eigenvalue weighted by Gasteiger charge is 2.19. The molecule has 3 aromatic rings. The van der Waals surface area contributed by atoms with Gasteiger partial charge >= 0.3 is 0 Å². The third-order valence-electron chi connectivity index (χ3n) is 6.27. The van der Waals surface area contributed by atoms with E-state index in [-0.39, 0.29) is 6.10 Å². The summed E-state index contributed by atoms with van der Waals surface area (Å²) in [4.78, 5) is 15.7. The van der Waals surface area contributed by atoms with Gasteiger partial charge in [0.25, 0.3) is 5.88 Å². The Morgan fingerprint density at radius 2 is 1.92 bits per heavy atom. The predicted octanol–water partition coefficient (Wildman–Crippen LogP) is 4.78. The van der Waals surface area contributed by atoms with E-state index in [2.05, 4.69) is 30.5 Å². The number of methoxy groups -OCH3 is 1. The Morgan fingerprint density at radius 3 is 2.78 bits per heavy atom. The first-order chi connectivity index (χ1) is 18.2. The lowest BCUT2D eigenvalue weighted by Crippen LogP contribution is -2.31. The molecular weight excluding hydrogens is 472 g/mol. The summed E-state index contributed by atoms with van der Waals surface area (Å²) in [5.41, 5.74) is 1.54. The third kappa shape index (κ3) is 6.71. The van der Waals surface area contributed by atoms with Crippen molar-refractivity contribution in [1.29, 1.82) is 0 Å². The Bertz CT molecular complexity index is 1190. The van der Waals surface area contributed by atoms with Crippen molar-refractivity contribution in [1.82, 2.24) is 19.9 Å². The quantitative estimate of drug-likeness (QED) is 0.373. The van der Waals surface area contributed by atoms with Crippen LogP contribution in [0.25, 0.3) is 0 Å². The van der Waals surface area contributed by atoms with Crippen LogP contribution in [0.3, 0.4) is 0 Å². The number of rotatable bonds is 10. The number of ether oxygens (including phenoxy) is 4. The number of pyridine rings is 1. The highest BCUT2D eigenvalue weighted by molar-refractivity contribution is 5.63. The number of anilines is 4. The minimum absolute atomic E-state index is 0.0206. The number of nitrogens with zero attached hydrogens (tertiary/aromatic N) is 4. The van der Waals surface area contributed by atoms with Crippen molar-refractivity contribution in [3.8, 4) is 23.1 Å². The van der Waals surface area contributed by atoms with E-state index in [1.165, 1.54) is 32.4 Å². The van der Waals surface area contributed by atoms with Crippen molar-refractivity contribution in [2.24, 2.45) is 0 Å². The number of hydrogen-bond acceptors (Lipinski definition) is 10. The van der Waals surface area contributed by atoms with E-state index >= 15 is 0 Å². The molecule has 0 amide bonds. The number of aromatic nitrogens is 3. The number of likely N-dealkylation sites (tertiary alicyclic amines) is 1. The van der Waals surface area contributed by atoms with Crippen LogP contribution in [0, 0.1) is 0 Å². The molecule has 0 radical (unpaired) electrons. The first-order valence-electron chi connectivity index (χ1n) is 12.9. The molecule has 0 spiro atoms. The molecule has 2 aliphatic rings. The van der Waals surface area contributed by atoms with Crippen molar-refractivity contribution >= 4 is 23.1 Å². The molecule has 1 saturated heterocycles. The highest BCUT2D eigenvalue weighted by Crippen LogP contribution is 2.33. The molecular formula is C27H34N6O4. The van der Waals surface area contributed by atoms with E-state index in [9.17, 15) is 0 Å². The Kier molecular flexibility index (Phi) is 8.05. The third-order valence-corrected chi connectivity index (χ3v) is 6.27. The molecule has 1 aromatic carbocycles. The Balaban J connectivity index is 1.18. The van der Waals surface area contributed by atoms with Crippen molar-refractivity contribution < 1.29 is 18.9 Å². The summed E-state index contributed by atoms with van der Waals surface area (Å²) in [7, 11) is 1.64. The van der Waals surface area contributed by atoms with Gasteiger partial charge in [0.2, 0.25) is 5.95 Å². The van der Waals surface area contributed by atoms with Crippen molar-refractivity contribution in [3.05, 3.63) is 42.7 Å². The zero-order valence-corrected chi connectivity index (χ0v) is 21.4. The van der Waals surface area contributed by atoms with Crippen LogP contribution in [0.2, 0.25) is 0 Å². The van der Waals surface area contributed by atoms with E-state index < -0.39 is 0 Å². The van der Waals surface area contributed by atoms with Crippen LogP contribution in [-0.2, 0) is 0 Å². The van der Waals surface area contributed by atoms with Crippen LogP contribution in [0.15, 0.2) is 42.7 Å². The van der Waals surface area contributed by atoms with Crippen LogP contribution < -0.4 is 29.6 Å². The van der Waals surface area contributed by atoms with E-state index in [1.54, 1.807) is 25.6 Å². The fourth-order valence-electron chi connectivity index (χ4n) is 4.42. The number of fused-ring (bicyclic) bond motifs is 1. The summed E-state index contributed by atoms with van der Waals surface area (Å²) in [5, 5.41) is 6.47. The van der Waals surface area contributed by atoms with Gasteiger partial charge in [-0.05, 0) is 57.5 Å². The van der Waals surface area contributed by atoms with Gasteiger partial charge < -0.3 is 34.5 Å². The normalized spacial score (nSPS) is 17.2. The molecule has 10 nitrogen and oxygen atoms in total. The molecule has 2 aromatic heterocycles. The van der Waals surface area contributed by atoms with E-state index in [4.69, 9.17) is 18.9 Å². The monoisotopic (exact) mass is 506 g/mol. The fraction of sp³-hybridized carbons (Fsp3) is 0.444. The predicted molar refractivity (Wildman–Crippen MR) is 142 cm³/mol. The Hall–Kier alpha value is -3.79. The molecule has 1 fully saturated rings. The number of nitrogens with one attached hydrogen (secondary N) is 2. The molecule has 0 saturated carbocycles. The van der Waals surface area contributed by atoms with Gasteiger partial charge in [0.05, 0.1) is 25.6 Å². The molecule has 4 heterocycles. The maximum Gasteiger partial charge on any atom is 0.257 e. The second-order valence-electron chi connectivity index (χ2n) is 9.25. The smallest absolute Gasteiger partial charge is 0.257 e. The lowest BCUT2D eigenvalue weighted by atomic mass is 10.1. The zero-order chi connectivity index (χ0) is 25.5. The second kappa shape index (κ2) is 12.0.